The van der Waals surface area contributed by atoms with E-state index in [1.807, 2.05) is 13.8 Å². The van der Waals surface area contributed by atoms with Crippen LogP contribution in [0.5, 0.6) is 0 Å². The monoisotopic (exact) mass is 245 g/mol. The van der Waals surface area contributed by atoms with Crippen LogP contribution in [-0.4, -0.2) is 14.2 Å². The van der Waals surface area contributed by atoms with Gasteiger partial charge in [-0.25, -0.2) is 12.8 Å². The van der Waals surface area contributed by atoms with Gasteiger partial charge in [0.1, 0.15) is 5.82 Å². The van der Waals surface area contributed by atoms with Gasteiger partial charge in [-0.05, 0) is 29.7 Å². The van der Waals surface area contributed by atoms with Crippen molar-refractivity contribution in [3.05, 3.63) is 29.6 Å². The minimum Gasteiger partial charge on any atom is -0.398 e. The van der Waals surface area contributed by atoms with Crippen molar-refractivity contribution in [2.75, 3.05) is 11.5 Å². The number of nitrogen functional groups attached to an aromatic ring is 1. The summed E-state index contributed by atoms with van der Waals surface area (Å²) in [5, 5.41) is 0. The predicted molar refractivity (Wildman–Crippen MR) is 63.1 cm³/mol. The molecular formula is C11H16FNO2S. The van der Waals surface area contributed by atoms with Gasteiger partial charge in [0.05, 0.1) is 11.5 Å². The van der Waals surface area contributed by atoms with Crippen LogP contribution in [0, 0.1) is 11.7 Å². The smallest absolute Gasteiger partial charge is 0.154 e. The van der Waals surface area contributed by atoms with Gasteiger partial charge in [0.25, 0.3) is 0 Å². The number of benzene rings is 1. The minimum atomic E-state index is -3.22. The van der Waals surface area contributed by atoms with Gasteiger partial charge in [-0.2, -0.15) is 0 Å². The summed E-state index contributed by atoms with van der Waals surface area (Å²) in [4.78, 5) is 0. The lowest BCUT2D eigenvalue weighted by Gasteiger charge is -2.09. The highest BCUT2D eigenvalue weighted by molar-refractivity contribution is 7.90. The Morgan fingerprint density at radius 1 is 1.38 bits per heavy atom. The summed E-state index contributed by atoms with van der Waals surface area (Å²) in [6.07, 6.45) is 0. The van der Waals surface area contributed by atoms with Gasteiger partial charge in [-0.15, -0.1) is 0 Å². The van der Waals surface area contributed by atoms with Gasteiger partial charge in [-0.1, -0.05) is 13.8 Å². The molecule has 1 aromatic rings. The summed E-state index contributed by atoms with van der Waals surface area (Å²) in [5.74, 6) is -0.527. The molecule has 0 aliphatic rings. The van der Waals surface area contributed by atoms with Crippen molar-refractivity contribution in [3.8, 4) is 0 Å². The Kier molecular flexibility index (Phi) is 3.91. The molecule has 0 fully saturated rings. The average Bonchev–Trinajstić information content (AvgIpc) is 2.08. The number of sulfone groups is 1. The molecule has 0 unspecified atom stereocenters. The largest absolute Gasteiger partial charge is 0.398 e. The maximum atomic E-state index is 12.9. The second-order valence-corrected chi connectivity index (χ2v) is 6.40. The molecule has 0 atom stereocenters. The van der Waals surface area contributed by atoms with Crippen molar-refractivity contribution < 1.29 is 12.8 Å². The Labute approximate surface area is 95.4 Å². The van der Waals surface area contributed by atoms with Crippen LogP contribution in [0.15, 0.2) is 18.2 Å². The lowest BCUT2D eigenvalue weighted by atomic mass is 10.2. The molecule has 0 saturated carbocycles. The molecule has 0 aliphatic heterocycles. The first-order chi connectivity index (χ1) is 7.30. The van der Waals surface area contributed by atoms with Crippen molar-refractivity contribution >= 4 is 15.5 Å². The van der Waals surface area contributed by atoms with Crippen molar-refractivity contribution in [2.45, 2.75) is 19.6 Å². The minimum absolute atomic E-state index is 0.0554. The summed E-state index contributed by atoms with van der Waals surface area (Å²) in [6.45, 7) is 3.65. The van der Waals surface area contributed by atoms with Crippen LogP contribution in [0.4, 0.5) is 10.1 Å². The summed E-state index contributed by atoms with van der Waals surface area (Å²) < 4.78 is 36.3. The lowest BCUT2D eigenvalue weighted by Crippen LogP contribution is -2.14. The Hall–Kier alpha value is -1.10. The van der Waals surface area contributed by atoms with Crippen LogP contribution in [0.3, 0.4) is 0 Å². The highest BCUT2D eigenvalue weighted by Crippen LogP contribution is 2.17. The Morgan fingerprint density at radius 2 is 2.00 bits per heavy atom. The van der Waals surface area contributed by atoms with E-state index in [4.69, 9.17) is 5.73 Å². The van der Waals surface area contributed by atoms with Gasteiger partial charge in [-0.3, -0.25) is 0 Å². The van der Waals surface area contributed by atoms with E-state index in [-0.39, 0.29) is 17.4 Å². The maximum Gasteiger partial charge on any atom is 0.154 e. The van der Waals surface area contributed by atoms with Crippen LogP contribution in [0.25, 0.3) is 0 Å². The molecule has 1 aromatic carbocycles. The van der Waals surface area contributed by atoms with Gasteiger partial charge < -0.3 is 5.73 Å². The van der Waals surface area contributed by atoms with Gasteiger partial charge in [0.15, 0.2) is 9.84 Å². The summed E-state index contributed by atoms with van der Waals surface area (Å²) in [5.41, 5.74) is 6.24. The predicted octanol–water partition coefficient (Wildman–Crippen LogP) is 1.98. The molecule has 16 heavy (non-hydrogen) atoms. The van der Waals surface area contributed by atoms with E-state index in [1.165, 1.54) is 18.2 Å². The van der Waals surface area contributed by atoms with E-state index < -0.39 is 15.7 Å². The Morgan fingerprint density at radius 3 is 2.56 bits per heavy atom. The molecule has 0 amide bonds. The van der Waals surface area contributed by atoms with Crippen LogP contribution in [0.1, 0.15) is 19.4 Å². The molecule has 0 radical (unpaired) electrons. The zero-order chi connectivity index (χ0) is 12.3. The quantitative estimate of drug-likeness (QED) is 0.825. The highest BCUT2D eigenvalue weighted by atomic mass is 32.2. The van der Waals surface area contributed by atoms with Crippen molar-refractivity contribution in [1.82, 2.24) is 0 Å². The topological polar surface area (TPSA) is 60.2 Å². The molecule has 0 bridgehead atoms. The van der Waals surface area contributed by atoms with E-state index in [0.717, 1.165) is 0 Å². The number of halogens is 1. The van der Waals surface area contributed by atoms with E-state index in [1.54, 1.807) is 0 Å². The van der Waals surface area contributed by atoms with E-state index >= 15 is 0 Å². The number of hydrogen-bond donors (Lipinski definition) is 1. The van der Waals surface area contributed by atoms with Crippen molar-refractivity contribution in [2.24, 2.45) is 5.92 Å². The van der Waals surface area contributed by atoms with E-state index in [9.17, 15) is 12.8 Å². The van der Waals surface area contributed by atoms with Gasteiger partial charge in [0.2, 0.25) is 0 Å². The molecule has 0 aliphatic carbocycles. The second kappa shape index (κ2) is 4.82. The SMILES string of the molecule is CC(C)CS(=O)(=O)Cc1cc(F)ccc1N. The average molecular weight is 245 g/mol. The molecule has 0 saturated heterocycles. The molecule has 0 heterocycles. The fraction of sp³-hybridized carbons (Fsp3) is 0.455. The lowest BCUT2D eigenvalue weighted by molar-refractivity contribution is 0.581. The summed E-state index contributed by atoms with van der Waals surface area (Å²) in [7, 11) is -3.22. The molecular weight excluding hydrogens is 229 g/mol. The molecule has 2 N–H and O–H groups in total. The van der Waals surface area contributed by atoms with E-state index in [2.05, 4.69) is 0 Å². The van der Waals surface area contributed by atoms with Gasteiger partial charge >= 0.3 is 0 Å². The first kappa shape index (κ1) is 13.0. The number of hydrogen-bond acceptors (Lipinski definition) is 3. The normalized spacial score (nSPS) is 12.0. The van der Waals surface area contributed by atoms with Gasteiger partial charge in [0, 0.05) is 5.69 Å². The third kappa shape index (κ3) is 3.81. The first-order valence-corrected chi connectivity index (χ1v) is 6.86. The molecule has 90 valence electrons. The third-order valence-corrected chi connectivity index (χ3v) is 3.99. The molecule has 0 spiro atoms. The second-order valence-electron chi connectivity index (χ2n) is 4.29. The molecule has 1 rings (SSSR count). The Bertz CT molecular complexity index is 469. The number of rotatable bonds is 4. The fourth-order valence-corrected chi connectivity index (χ4v) is 3.36. The first-order valence-electron chi connectivity index (χ1n) is 5.04. The molecule has 5 heteroatoms. The zero-order valence-corrected chi connectivity index (χ0v) is 10.2. The van der Waals surface area contributed by atoms with Crippen LogP contribution in [0.2, 0.25) is 0 Å². The fourth-order valence-electron chi connectivity index (χ4n) is 1.50. The number of nitrogens with two attached hydrogens (primary N) is 1. The summed E-state index contributed by atoms with van der Waals surface area (Å²) >= 11 is 0. The van der Waals surface area contributed by atoms with Crippen LogP contribution in [-0.2, 0) is 15.6 Å². The van der Waals surface area contributed by atoms with E-state index in [0.29, 0.717) is 11.3 Å². The van der Waals surface area contributed by atoms with Crippen LogP contribution >= 0.6 is 0 Å². The standard InChI is InChI=1S/C11H16FNO2S/c1-8(2)6-16(14,15)7-9-5-10(12)3-4-11(9)13/h3-5,8H,6-7,13H2,1-2H3. The summed E-state index contributed by atoms with van der Waals surface area (Å²) in [6, 6.07) is 3.77. The van der Waals surface area contributed by atoms with Crippen LogP contribution < -0.4 is 5.73 Å². The highest BCUT2D eigenvalue weighted by Gasteiger charge is 2.16. The molecule has 0 aromatic heterocycles. The Balaban J connectivity index is 2.92. The number of anilines is 1. The van der Waals surface area contributed by atoms with Crippen molar-refractivity contribution in [3.63, 3.8) is 0 Å². The third-order valence-electron chi connectivity index (χ3n) is 2.07. The van der Waals surface area contributed by atoms with Crippen molar-refractivity contribution in [1.29, 1.82) is 0 Å². The maximum absolute atomic E-state index is 12.9. The molecule has 3 nitrogen and oxygen atoms in total. The zero-order valence-electron chi connectivity index (χ0n) is 9.40.